The van der Waals surface area contributed by atoms with Crippen molar-refractivity contribution in [3.05, 3.63) is 204 Å². The van der Waals surface area contributed by atoms with Crippen LogP contribution in [0.3, 0.4) is 0 Å². The zero-order valence-corrected chi connectivity index (χ0v) is 26.2. The number of para-hydroxylation sites is 2. The fourth-order valence-corrected chi connectivity index (χ4v) is 6.75. The molecule has 1 aliphatic rings. The zero-order chi connectivity index (χ0) is 31.9. The lowest BCUT2D eigenvalue weighted by Crippen LogP contribution is -2.10. The summed E-state index contributed by atoms with van der Waals surface area (Å²) in [6.45, 7) is 0. The molecule has 48 heavy (non-hydrogen) atoms. The van der Waals surface area contributed by atoms with Gasteiger partial charge in [0.2, 0.25) is 0 Å². The fraction of sp³-hybridized carbons (Fsp3) is 0. The fourth-order valence-electron chi connectivity index (χ4n) is 6.75. The van der Waals surface area contributed by atoms with Crippen LogP contribution >= 0.6 is 0 Å². The van der Waals surface area contributed by atoms with Gasteiger partial charge in [-0.2, -0.15) is 0 Å². The summed E-state index contributed by atoms with van der Waals surface area (Å²) in [6, 6.07) is 64.4. The summed E-state index contributed by atoms with van der Waals surface area (Å²) in [5.41, 5.74) is 12.7. The van der Waals surface area contributed by atoms with Crippen molar-refractivity contribution in [3.63, 3.8) is 0 Å². The maximum absolute atomic E-state index is 5.40. The third-order valence-electron chi connectivity index (χ3n) is 9.22. The van der Waals surface area contributed by atoms with Crippen molar-refractivity contribution >= 4 is 44.3 Å². The van der Waals surface area contributed by atoms with Crippen molar-refractivity contribution in [2.24, 2.45) is 9.98 Å². The van der Waals surface area contributed by atoms with Gasteiger partial charge < -0.3 is 0 Å². The quantitative estimate of drug-likeness (QED) is 0.189. The van der Waals surface area contributed by atoms with Gasteiger partial charge in [0.05, 0.1) is 22.8 Å². The Hall–Kier alpha value is -6.38. The molecule has 0 saturated heterocycles. The van der Waals surface area contributed by atoms with Crippen LogP contribution in [0.15, 0.2) is 192 Å². The summed E-state index contributed by atoms with van der Waals surface area (Å²) < 4.78 is 0. The third-order valence-corrected chi connectivity index (χ3v) is 9.22. The SMILES string of the molecule is c1ccc(-c2ccc3cc(C4=Nc5ccccc5C(c5ccc6cc(-c7ccccc7)ccc6c5)=Nc5ccccc54)ccc3c2)cc1. The monoisotopic (exact) mass is 610 g/mol. The van der Waals surface area contributed by atoms with Gasteiger partial charge >= 0.3 is 0 Å². The molecule has 224 valence electrons. The molecule has 9 rings (SSSR count). The summed E-state index contributed by atoms with van der Waals surface area (Å²) in [7, 11) is 0. The van der Waals surface area contributed by atoms with Gasteiger partial charge in [0.15, 0.2) is 0 Å². The van der Waals surface area contributed by atoms with Crippen molar-refractivity contribution in [2.45, 2.75) is 0 Å². The molecule has 0 bridgehead atoms. The second-order valence-electron chi connectivity index (χ2n) is 12.2. The number of hydrogen-bond donors (Lipinski definition) is 0. The van der Waals surface area contributed by atoms with Crippen LogP contribution < -0.4 is 0 Å². The second-order valence-corrected chi connectivity index (χ2v) is 12.2. The molecule has 8 aromatic rings. The molecule has 0 radical (unpaired) electrons. The minimum absolute atomic E-state index is 0.903. The summed E-state index contributed by atoms with van der Waals surface area (Å²) in [4.78, 5) is 10.8. The van der Waals surface area contributed by atoms with E-state index < -0.39 is 0 Å². The standard InChI is InChI=1S/C46H30N2/c1-3-11-31(12-4-1)33-19-21-37-29-39(25-23-35(37)27-33)45-41-15-7-9-17-43(41)48-46(42-16-8-10-18-44(42)47-45)40-26-24-36-28-34(20-22-38(36)30-40)32-13-5-2-6-14-32/h1-30H. The van der Waals surface area contributed by atoms with Crippen LogP contribution in [0.2, 0.25) is 0 Å². The Labute approximate surface area is 280 Å². The largest absolute Gasteiger partial charge is 0.247 e. The molecule has 0 aliphatic carbocycles. The van der Waals surface area contributed by atoms with Crippen molar-refractivity contribution in [3.8, 4) is 22.3 Å². The molecule has 0 fully saturated rings. The van der Waals surface area contributed by atoms with E-state index in [1.54, 1.807) is 0 Å². The molecular formula is C46H30N2. The third kappa shape index (κ3) is 5.10. The Morgan fingerprint density at radius 3 is 1.00 bits per heavy atom. The Balaban J connectivity index is 1.15. The van der Waals surface area contributed by atoms with Crippen LogP contribution in [0.5, 0.6) is 0 Å². The van der Waals surface area contributed by atoms with E-state index in [-0.39, 0.29) is 0 Å². The first kappa shape index (κ1) is 27.9. The lowest BCUT2D eigenvalue weighted by atomic mass is 9.93. The molecule has 1 aliphatic heterocycles. The number of rotatable bonds is 4. The number of aliphatic imine (C=N–C) groups is 2. The highest BCUT2D eigenvalue weighted by Crippen LogP contribution is 2.35. The molecule has 1 heterocycles. The van der Waals surface area contributed by atoms with E-state index in [0.29, 0.717) is 0 Å². The topological polar surface area (TPSA) is 24.7 Å². The predicted octanol–water partition coefficient (Wildman–Crippen LogP) is 12.0. The van der Waals surface area contributed by atoms with E-state index in [1.807, 2.05) is 0 Å². The lowest BCUT2D eigenvalue weighted by molar-refractivity contribution is 1.39. The van der Waals surface area contributed by atoms with E-state index in [9.17, 15) is 0 Å². The highest BCUT2D eigenvalue weighted by atomic mass is 14.8. The van der Waals surface area contributed by atoms with Gasteiger partial charge in [0.25, 0.3) is 0 Å². The normalized spacial score (nSPS) is 12.4. The Bertz CT molecular complexity index is 2360. The van der Waals surface area contributed by atoms with Gasteiger partial charge in [-0.25, -0.2) is 9.98 Å². The first-order chi connectivity index (χ1) is 23.8. The van der Waals surface area contributed by atoms with Crippen LogP contribution in [0.25, 0.3) is 43.8 Å². The second kappa shape index (κ2) is 11.8. The summed E-state index contributed by atoms with van der Waals surface area (Å²) in [6.07, 6.45) is 0. The van der Waals surface area contributed by atoms with Crippen LogP contribution in [0, 0.1) is 0 Å². The molecule has 8 aromatic carbocycles. The van der Waals surface area contributed by atoms with Crippen LogP contribution in [0.4, 0.5) is 11.4 Å². The van der Waals surface area contributed by atoms with Crippen molar-refractivity contribution in [1.29, 1.82) is 0 Å². The van der Waals surface area contributed by atoms with Gasteiger partial charge in [-0.3, -0.25) is 0 Å². The summed E-state index contributed by atoms with van der Waals surface area (Å²) >= 11 is 0. The number of fused-ring (bicyclic) bond motifs is 4. The minimum Gasteiger partial charge on any atom is -0.247 e. The van der Waals surface area contributed by atoms with Crippen molar-refractivity contribution in [2.75, 3.05) is 0 Å². The van der Waals surface area contributed by atoms with E-state index in [4.69, 9.17) is 9.98 Å². The molecule has 0 amide bonds. The van der Waals surface area contributed by atoms with E-state index in [1.165, 1.54) is 43.8 Å². The molecular weight excluding hydrogens is 581 g/mol. The van der Waals surface area contributed by atoms with Gasteiger partial charge in [0.1, 0.15) is 0 Å². The minimum atomic E-state index is 0.903. The highest BCUT2D eigenvalue weighted by Gasteiger charge is 2.20. The zero-order valence-electron chi connectivity index (χ0n) is 26.2. The van der Waals surface area contributed by atoms with E-state index in [2.05, 4.69) is 182 Å². The highest BCUT2D eigenvalue weighted by molar-refractivity contribution is 6.23. The molecule has 2 nitrogen and oxygen atoms in total. The molecule has 0 spiro atoms. The summed E-state index contributed by atoms with van der Waals surface area (Å²) in [5, 5.41) is 4.76. The van der Waals surface area contributed by atoms with E-state index >= 15 is 0 Å². The van der Waals surface area contributed by atoms with Gasteiger partial charge in [-0.05, 0) is 80.2 Å². The number of nitrogens with zero attached hydrogens (tertiary/aromatic N) is 2. The molecule has 2 heteroatoms. The van der Waals surface area contributed by atoms with Crippen LogP contribution in [-0.4, -0.2) is 11.4 Å². The number of benzene rings is 8. The average molecular weight is 611 g/mol. The Kier molecular flexibility index (Phi) is 6.84. The smallest absolute Gasteiger partial charge is 0.0803 e. The maximum atomic E-state index is 5.40. The first-order valence-corrected chi connectivity index (χ1v) is 16.3. The molecule has 0 aromatic heterocycles. The van der Waals surface area contributed by atoms with Gasteiger partial charge in [-0.15, -0.1) is 0 Å². The average Bonchev–Trinajstić information content (AvgIpc) is 3.15. The van der Waals surface area contributed by atoms with Crippen LogP contribution in [0.1, 0.15) is 22.3 Å². The lowest BCUT2D eigenvalue weighted by Gasteiger charge is -2.18. The van der Waals surface area contributed by atoms with Crippen molar-refractivity contribution in [1.82, 2.24) is 0 Å². The van der Waals surface area contributed by atoms with E-state index in [0.717, 1.165) is 45.1 Å². The van der Waals surface area contributed by atoms with Gasteiger partial charge in [-0.1, -0.05) is 146 Å². The Morgan fingerprint density at radius 2 is 0.583 bits per heavy atom. The predicted molar refractivity (Wildman–Crippen MR) is 202 cm³/mol. The Morgan fingerprint density at radius 1 is 0.250 bits per heavy atom. The number of hydrogen-bond acceptors (Lipinski definition) is 2. The maximum Gasteiger partial charge on any atom is 0.0803 e. The van der Waals surface area contributed by atoms with Crippen LogP contribution in [-0.2, 0) is 0 Å². The molecule has 0 saturated carbocycles. The molecule has 0 atom stereocenters. The molecule has 0 unspecified atom stereocenters. The molecule has 0 N–H and O–H groups in total. The van der Waals surface area contributed by atoms with Crippen molar-refractivity contribution < 1.29 is 0 Å². The summed E-state index contributed by atoms with van der Waals surface area (Å²) in [5.74, 6) is 0. The first-order valence-electron chi connectivity index (χ1n) is 16.3. The van der Waals surface area contributed by atoms with Gasteiger partial charge in [0, 0.05) is 22.3 Å².